The fraction of sp³-hybridized carbons (Fsp3) is 0.636. The first-order chi connectivity index (χ1) is 6.75. The summed E-state index contributed by atoms with van der Waals surface area (Å²) in [7, 11) is 0. The molecule has 2 unspecified atom stereocenters. The monoisotopic (exact) mass is 208 g/mol. The first kappa shape index (κ1) is 8.89. The number of hydrogen-bond acceptors (Lipinski definition) is 3. The standard InChI is InChI=1S/C11H16N2S/c1-7-6-8-10(14-7)3-5-13-4-2-9(12)11(8)13/h6,9,11H,2-5,12H2,1H3. The largest absolute Gasteiger partial charge is 0.326 e. The lowest BCUT2D eigenvalue weighted by Gasteiger charge is -2.31. The molecule has 3 rings (SSSR count). The number of aryl methyl sites for hydroxylation is 1. The van der Waals surface area contributed by atoms with Gasteiger partial charge in [-0.3, -0.25) is 4.90 Å². The van der Waals surface area contributed by atoms with Crippen LogP contribution in [0.15, 0.2) is 6.07 Å². The Morgan fingerprint density at radius 1 is 1.50 bits per heavy atom. The van der Waals surface area contributed by atoms with Crippen LogP contribution in [0.3, 0.4) is 0 Å². The molecule has 0 saturated carbocycles. The molecule has 1 fully saturated rings. The Bertz CT molecular complexity index is 358. The zero-order valence-electron chi connectivity index (χ0n) is 8.49. The van der Waals surface area contributed by atoms with E-state index in [2.05, 4.69) is 17.9 Å². The fourth-order valence-electron chi connectivity index (χ4n) is 2.83. The molecule has 2 aliphatic rings. The molecule has 2 N–H and O–H groups in total. The molecule has 2 aliphatic heterocycles. The maximum atomic E-state index is 6.18. The average Bonchev–Trinajstić information content (AvgIpc) is 2.68. The van der Waals surface area contributed by atoms with Crippen LogP contribution >= 0.6 is 11.3 Å². The molecule has 14 heavy (non-hydrogen) atoms. The number of hydrogen-bond donors (Lipinski definition) is 1. The number of nitrogens with two attached hydrogens (primary N) is 1. The number of nitrogens with zero attached hydrogens (tertiary/aromatic N) is 1. The summed E-state index contributed by atoms with van der Waals surface area (Å²) in [5, 5.41) is 0. The van der Waals surface area contributed by atoms with Crippen molar-refractivity contribution in [2.24, 2.45) is 5.73 Å². The summed E-state index contributed by atoms with van der Waals surface area (Å²) < 4.78 is 0. The van der Waals surface area contributed by atoms with Crippen LogP contribution in [0, 0.1) is 6.92 Å². The van der Waals surface area contributed by atoms with E-state index in [0.29, 0.717) is 12.1 Å². The maximum Gasteiger partial charge on any atom is 0.0510 e. The molecule has 76 valence electrons. The fourth-order valence-corrected chi connectivity index (χ4v) is 3.90. The Hall–Kier alpha value is -0.380. The second-order valence-corrected chi connectivity index (χ2v) is 5.76. The molecule has 3 heterocycles. The predicted octanol–water partition coefficient (Wildman–Crippen LogP) is 1.69. The molecule has 0 aliphatic carbocycles. The molecule has 2 atom stereocenters. The predicted molar refractivity (Wildman–Crippen MR) is 59.7 cm³/mol. The van der Waals surface area contributed by atoms with Crippen LogP contribution in [0.2, 0.25) is 0 Å². The zero-order chi connectivity index (χ0) is 9.71. The van der Waals surface area contributed by atoms with Crippen LogP contribution in [-0.4, -0.2) is 24.0 Å². The Balaban J connectivity index is 2.06. The Morgan fingerprint density at radius 3 is 3.21 bits per heavy atom. The second-order valence-electron chi connectivity index (χ2n) is 4.42. The van der Waals surface area contributed by atoms with Crippen LogP contribution in [0.1, 0.15) is 27.8 Å². The number of thiophene rings is 1. The summed E-state index contributed by atoms with van der Waals surface area (Å²) in [5.41, 5.74) is 7.71. The van der Waals surface area contributed by atoms with Gasteiger partial charge in [-0.1, -0.05) is 0 Å². The highest BCUT2D eigenvalue weighted by molar-refractivity contribution is 7.12. The molecule has 1 aromatic rings. The third-order valence-corrected chi connectivity index (χ3v) is 4.58. The normalized spacial score (nSPS) is 31.6. The second kappa shape index (κ2) is 3.05. The van der Waals surface area contributed by atoms with Crippen LogP contribution in [0.5, 0.6) is 0 Å². The first-order valence-electron chi connectivity index (χ1n) is 5.34. The van der Waals surface area contributed by atoms with Crippen molar-refractivity contribution in [3.63, 3.8) is 0 Å². The minimum absolute atomic E-state index is 0.364. The molecule has 2 nitrogen and oxygen atoms in total. The Kier molecular flexibility index (Phi) is 1.94. The summed E-state index contributed by atoms with van der Waals surface area (Å²) in [6.07, 6.45) is 2.40. The van der Waals surface area contributed by atoms with Gasteiger partial charge in [-0.15, -0.1) is 11.3 Å². The Labute approximate surface area is 88.7 Å². The summed E-state index contributed by atoms with van der Waals surface area (Å²) in [5.74, 6) is 0. The molecule has 3 heteroatoms. The smallest absolute Gasteiger partial charge is 0.0510 e. The number of rotatable bonds is 0. The van der Waals surface area contributed by atoms with E-state index < -0.39 is 0 Å². The van der Waals surface area contributed by atoms with Gasteiger partial charge in [0.25, 0.3) is 0 Å². The van der Waals surface area contributed by atoms with E-state index >= 15 is 0 Å². The van der Waals surface area contributed by atoms with Crippen molar-refractivity contribution in [1.29, 1.82) is 0 Å². The third-order valence-electron chi connectivity index (χ3n) is 3.46. The van der Waals surface area contributed by atoms with Gasteiger partial charge in [-0.25, -0.2) is 0 Å². The topological polar surface area (TPSA) is 29.3 Å². The van der Waals surface area contributed by atoms with Crippen LogP contribution in [0.25, 0.3) is 0 Å². The molecule has 0 spiro atoms. The first-order valence-corrected chi connectivity index (χ1v) is 6.16. The molecule has 0 aromatic carbocycles. The van der Waals surface area contributed by atoms with Crippen molar-refractivity contribution >= 4 is 11.3 Å². The van der Waals surface area contributed by atoms with Crippen molar-refractivity contribution in [2.75, 3.05) is 13.1 Å². The van der Waals surface area contributed by atoms with Crippen molar-refractivity contribution in [2.45, 2.75) is 31.8 Å². The van der Waals surface area contributed by atoms with Gasteiger partial charge in [0.15, 0.2) is 0 Å². The van der Waals surface area contributed by atoms with Gasteiger partial charge < -0.3 is 5.73 Å². The summed E-state index contributed by atoms with van der Waals surface area (Å²) in [6.45, 7) is 4.61. The zero-order valence-corrected chi connectivity index (χ0v) is 9.31. The summed E-state index contributed by atoms with van der Waals surface area (Å²) in [4.78, 5) is 5.58. The lowest BCUT2D eigenvalue weighted by Crippen LogP contribution is -2.36. The molecule has 0 bridgehead atoms. The highest BCUT2D eigenvalue weighted by Crippen LogP contribution is 2.40. The highest BCUT2D eigenvalue weighted by atomic mass is 32.1. The Morgan fingerprint density at radius 2 is 2.36 bits per heavy atom. The van der Waals surface area contributed by atoms with Crippen LogP contribution < -0.4 is 5.73 Å². The van der Waals surface area contributed by atoms with Gasteiger partial charge in [-0.2, -0.15) is 0 Å². The van der Waals surface area contributed by atoms with Crippen molar-refractivity contribution in [3.05, 3.63) is 21.4 Å². The number of fused-ring (bicyclic) bond motifs is 3. The molecule has 1 saturated heterocycles. The van der Waals surface area contributed by atoms with E-state index in [1.54, 1.807) is 4.88 Å². The van der Waals surface area contributed by atoms with Gasteiger partial charge in [0.05, 0.1) is 6.04 Å². The van der Waals surface area contributed by atoms with E-state index in [4.69, 9.17) is 5.73 Å². The quantitative estimate of drug-likeness (QED) is 0.703. The van der Waals surface area contributed by atoms with E-state index in [9.17, 15) is 0 Å². The van der Waals surface area contributed by atoms with Crippen molar-refractivity contribution in [1.82, 2.24) is 4.90 Å². The van der Waals surface area contributed by atoms with Crippen molar-refractivity contribution in [3.8, 4) is 0 Å². The minimum Gasteiger partial charge on any atom is -0.326 e. The van der Waals surface area contributed by atoms with E-state index in [0.717, 1.165) is 0 Å². The van der Waals surface area contributed by atoms with E-state index in [1.165, 1.54) is 36.4 Å². The van der Waals surface area contributed by atoms with Crippen LogP contribution in [0.4, 0.5) is 0 Å². The van der Waals surface area contributed by atoms with E-state index in [-0.39, 0.29) is 0 Å². The highest BCUT2D eigenvalue weighted by Gasteiger charge is 2.37. The van der Waals surface area contributed by atoms with Gasteiger partial charge >= 0.3 is 0 Å². The van der Waals surface area contributed by atoms with Gasteiger partial charge in [0.1, 0.15) is 0 Å². The van der Waals surface area contributed by atoms with Crippen LogP contribution in [-0.2, 0) is 6.42 Å². The molecular weight excluding hydrogens is 192 g/mol. The third kappa shape index (κ3) is 1.16. The van der Waals surface area contributed by atoms with E-state index in [1.807, 2.05) is 11.3 Å². The molecular formula is C11H16N2S. The minimum atomic E-state index is 0.364. The summed E-state index contributed by atoms with van der Waals surface area (Å²) >= 11 is 1.96. The average molecular weight is 208 g/mol. The van der Waals surface area contributed by atoms with Gasteiger partial charge in [0.2, 0.25) is 0 Å². The molecule has 0 amide bonds. The molecule has 0 radical (unpaired) electrons. The maximum absolute atomic E-state index is 6.18. The lowest BCUT2D eigenvalue weighted by atomic mass is 9.97. The summed E-state index contributed by atoms with van der Waals surface area (Å²) in [6, 6.07) is 3.24. The SMILES string of the molecule is Cc1cc2c(s1)CCN1CCC(N)C21. The van der Waals surface area contributed by atoms with Gasteiger partial charge in [-0.05, 0) is 31.4 Å². The van der Waals surface area contributed by atoms with Crippen molar-refractivity contribution < 1.29 is 0 Å². The molecule has 1 aromatic heterocycles. The lowest BCUT2D eigenvalue weighted by molar-refractivity contribution is 0.236. The van der Waals surface area contributed by atoms with Gasteiger partial charge in [0, 0.05) is 28.9 Å².